The lowest BCUT2D eigenvalue weighted by Gasteiger charge is -2.19. The molecule has 2 saturated heterocycles. The van der Waals surface area contributed by atoms with E-state index in [-0.39, 0.29) is 24.1 Å². The molecule has 6 heteroatoms. The standard InChI is InChI=1S/C18H22N2O4/c1-23-14-4-2-3-11(7-14)8-15-17(21)20(18(22)19-15)13-9-16(24-10-13)12-5-6-12/h2-4,7,12-13,15-16H,5-6,8-10H2,1H3,(H,19,22). The van der Waals surface area contributed by atoms with Crippen LogP contribution in [0.15, 0.2) is 24.3 Å². The van der Waals surface area contributed by atoms with Gasteiger partial charge < -0.3 is 14.8 Å². The van der Waals surface area contributed by atoms with Crippen molar-refractivity contribution in [3.63, 3.8) is 0 Å². The topological polar surface area (TPSA) is 67.9 Å². The van der Waals surface area contributed by atoms with Gasteiger partial charge in [0, 0.05) is 6.42 Å². The number of urea groups is 1. The Morgan fingerprint density at radius 3 is 2.92 bits per heavy atom. The highest BCUT2D eigenvalue weighted by Gasteiger charge is 2.47. The molecule has 0 aromatic heterocycles. The minimum Gasteiger partial charge on any atom is -0.497 e. The van der Waals surface area contributed by atoms with Gasteiger partial charge in [0.25, 0.3) is 5.91 Å². The summed E-state index contributed by atoms with van der Waals surface area (Å²) in [7, 11) is 1.61. The molecule has 4 rings (SSSR count). The minimum atomic E-state index is -0.510. The van der Waals surface area contributed by atoms with Crippen molar-refractivity contribution in [1.29, 1.82) is 0 Å². The Labute approximate surface area is 141 Å². The maximum Gasteiger partial charge on any atom is 0.325 e. The Morgan fingerprint density at radius 1 is 1.33 bits per heavy atom. The number of benzene rings is 1. The predicted molar refractivity (Wildman–Crippen MR) is 86.7 cm³/mol. The molecule has 3 amide bonds. The van der Waals surface area contributed by atoms with Gasteiger partial charge in [-0.25, -0.2) is 4.79 Å². The Morgan fingerprint density at radius 2 is 2.17 bits per heavy atom. The molecule has 2 aliphatic heterocycles. The van der Waals surface area contributed by atoms with Gasteiger partial charge in [-0.05, 0) is 42.9 Å². The molecule has 128 valence electrons. The molecule has 1 aliphatic carbocycles. The van der Waals surface area contributed by atoms with E-state index in [0.29, 0.717) is 18.9 Å². The maximum absolute atomic E-state index is 12.7. The number of hydrogen-bond acceptors (Lipinski definition) is 4. The molecule has 3 atom stereocenters. The zero-order valence-corrected chi connectivity index (χ0v) is 13.7. The molecule has 0 radical (unpaired) electrons. The van der Waals surface area contributed by atoms with Gasteiger partial charge in [0.1, 0.15) is 11.8 Å². The SMILES string of the molecule is COc1cccc(CC2NC(=O)N(C3COC(C4CC4)C3)C2=O)c1. The number of methoxy groups -OCH3 is 1. The summed E-state index contributed by atoms with van der Waals surface area (Å²) in [6.45, 7) is 0.464. The first-order chi connectivity index (χ1) is 11.7. The van der Waals surface area contributed by atoms with Crippen molar-refractivity contribution in [3.05, 3.63) is 29.8 Å². The van der Waals surface area contributed by atoms with E-state index < -0.39 is 6.04 Å². The summed E-state index contributed by atoms with van der Waals surface area (Å²) in [4.78, 5) is 26.4. The lowest BCUT2D eigenvalue weighted by atomic mass is 10.0. The summed E-state index contributed by atoms with van der Waals surface area (Å²) < 4.78 is 11.0. The van der Waals surface area contributed by atoms with E-state index in [4.69, 9.17) is 9.47 Å². The first-order valence-corrected chi connectivity index (χ1v) is 8.54. The van der Waals surface area contributed by atoms with Crippen LogP contribution >= 0.6 is 0 Å². The van der Waals surface area contributed by atoms with Crippen LogP contribution in [0.4, 0.5) is 4.79 Å². The summed E-state index contributed by atoms with van der Waals surface area (Å²) in [6.07, 6.45) is 3.87. The Hall–Kier alpha value is -2.08. The van der Waals surface area contributed by atoms with Crippen LogP contribution in [-0.2, 0) is 16.0 Å². The number of carbonyl (C=O) groups is 2. The molecule has 0 spiro atoms. The smallest absolute Gasteiger partial charge is 0.325 e. The highest BCUT2D eigenvalue weighted by atomic mass is 16.5. The Kier molecular flexibility index (Phi) is 3.92. The van der Waals surface area contributed by atoms with Crippen molar-refractivity contribution in [2.24, 2.45) is 5.92 Å². The van der Waals surface area contributed by atoms with Crippen molar-refractivity contribution in [3.8, 4) is 5.75 Å². The normalized spacial score (nSPS) is 29.9. The number of imide groups is 1. The van der Waals surface area contributed by atoms with E-state index in [1.165, 1.54) is 17.7 Å². The second-order valence-corrected chi connectivity index (χ2v) is 6.86. The van der Waals surface area contributed by atoms with Gasteiger partial charge in [-0.2, -0.15) is 0 Å². The molecule has 3 fully saturated rings. The molecule has 0 bridgehead atoms. The molecule has 1 aromatic carbocycles. The average Bonchev–Trinajstić information content (AvgIpc) is 3.26. The zero-order valence-electron chi connectivity index (χ0n) is 13.7. The molecule has 1 saturated carbocycles. The molecular formula is C18H22N2O4. The molecule has 3 unspecified atom stereocenters. The number of carbonyl (C=O) groups excluding carboxylic acids is 2. The number of ether oxygens (including phenoxy) is 2. The summed E-state index contributed by atoms with van der Waals surface area (Å²) in [5.74, 6) is 1.23. The van der Waals surface area contributed by atoms with Crippen molar-refractivity contribution in [1.82, 2.24) is 10.2 Å². The number of rotatable bonds is 5. The molecule has 2 heterocycles. The van der Waals surface area contributed by atoms with E-state index >= 15 is 0 Å². The molecule has 1 N–H and O–H groups in total. The number of amides is 3. The molecule has 3 aliphatic rings. The van der Waals surface area contributed by atoms with Crippen LogP contribution in [0.3, 0.4) is 0 Å². The average molecular weight is 330 g/mol. The minimum absolute atomic E-state index is 0.126. The van der Waals surface area contributed by atoms with Crippen LogP contribution in [0.25, 0.3) is 0 Å². The third-order valence-corrected chi connectivity index (χ3v) is 5.15. The van der Waals surface area contributed by atoms with Gasteiger partial charge in [-0.15, -0.1) is 0 Å². The fourth-order valence-corrected chi connectivity index (χ4v) is 3.68. The predicted octanol–water partition coefficient (Wildman–Crippen LogP) is 1.73. The quantitative estimate of drug-likeness (QED) is 0.835. The van der Waals surface area contributed by atoms with Crippen LogP contribution in [0.5, 0.6) is 5.75 Å². The van der Waals surface area contributed by atoms with Crippen LogP contribution < -0.4 is 10.1 Å². The van der Waals surface area contributed by atoms with Crippen LogP contribution in [0, 0.1) is 5.92 Å². The summed E-state index contributed by atoms with van der Waals surface area (Å²) in [5, 5.41) is 2.82. The van der Waals surface area contributed by atoms with E-state index in [0.717, 1.165) is 17.7 Å². The number of hydrogen-bond donors (Lipinski definition) is 1. The molecule has 1 aromatic rings. The van der Waals surface area contributed by atoms with Gasteiger partial charge in [-0.1, -0.05) is 12.1 Å². The van der Waals surface area contributed by atoms with Crippen molar-refractivity contribution < 1.29 is 19.1 Å². The largest absolute Gasteiger partial charge is 0.497 e. The van der Waals surface area contributed by atoms with Crippen LogP contribution in [0.2, 0.25) is 0 Å². The maximum atomic E-state index is 12.7. The first-order valence-electron chi connectivity index (χ1n) is 8.54. The second-order valence-electron chi connectivity index (χ2n) is 6.86. The Bertz CT molecular complexity index is 658. The third kappa shape index (κ3) is 2.86. The third-order valence-electron chi connectivity index (χ3n) is 5.15. The highest BCUT2D eigenvalue weighted by molar-refractivity contribution is 6.04. The summed E-state index contributed by atoms with van der Waals surface area (Å²) in [6, 6.07) is 6.65. The van der Waals surface area contributed by atoms with Crippen molar-refractivity contribution >= 4 is 11.9 Å². The highest BCUT2D eigenvalue weighted by Crippen LogP contribution is 2.40. The Balaban J connectivity index is 1.43. The monoisotopic (exact) mass is 330 g/mol. The van der Waals surface area contributed by atoms with E-state index in [1.807, 2.05) is 24.3 Å². The van der Waals surface area contributed by atoms with Gasteiger partial charge in [0.15, 0.2) is 0 Å². The second kappa shape index (κ2) is 6.09. The lowest BCUT2D eigenvalue weighted by molar-refractivity contribution is -0.129. The fraction of sp³-hybridized carbons (Fsp3) is 0.556. The van der Waals surface area contributed by atoms with E-state index in [2.05, 4.69) is 5.32 Å². The molecule has 24 heavy (non-hydrogen) atoms. The molecule has 6 nitrogen and oxygen atoms in total. The van der Waals surface area contributed by atoms with Gasteiger partial charge in [0.05, 0.1) is 25.9 Å². The van der Waals surface area contributed by atoms with Gasteiger partial charge in [0.2, 0.25) is 0 Å². The van der Waals surface area contributed by atoms with Gasteiger partial charge >= 0.3 is 6.03 Å². The zero-order chi connectivity index (χ0) is 16.7. The number of nitrogens with zero attached hydrogens (tertiary/aromatic N) is 1. The molecular weight excluding hydrogens is 308 g/mol. The lowest BCUT2D eigenvalue weighted by Crippen LogP contribution is -2.41. The van der Waals surface area contributed by atoms with E-state index in [1.54, 1.807) is 7.11 Å². The first kappa shape index (κ1) is 15.4. The van der Waals surface area contributed by atoms with Crippen molar-refractivity contribution in [2.45, 2.75) is 43.9 Å². The summed E-state index contributed by atoms with van der Waals surface area (Å²) >= 11 is 0. The van der Waals surface area contributed by atoms with Gasteiger partial charge in [-0.3, -0.25) is 9.69 Å². The summed E-state index contributed by atoms with van der Waals surface area (Å²) in [5.41, 5.74) is 0.966. The van der Waals surface area contributed by atoms with E-state index in [9.17, 15) is 9.59 Å². The van der Waals surface area contributed by atoms with Crippen molar-refractivity contribution in [2.75, 3.05) is 13.7 Å². The fourth-order valence-electron chi connectivity index (χ4n) is 3.68. The van der Waals surface area contributed by atoms with Crippen LogP contribution in [-0.4, -0.2) is 48.7 Å². The van der Waals surface area contributed by atoms with Crippen LogP contribution in [0.1, 0.15) is 24.8 Å². The number of nitrogens with one attached hydrogen (secondary N) is 1.